The van der Waals surface area contributed by atoms with Crippen LogP contribution in [0.5, 0.6) is 0 Å². The summed E-state index contributed by atoms with van der Waals surface area (Å²) in [6.45, 7) is 7.67. The quantitative estimate of drug-likeness (QED) is 0.553. The van der Waals surface area contributed by atoms with Gasteiger partial charge in [-0.25, -0.2) is 19.6 Å². The molecule has 32 heavy (non-hydrogen) atoms. The van der Waals surface area contributed by atoms with E-state index in [2.05, 4.69) is 20.6 Å². The first-order chi connectivity index (χ1) is 15.1. The first kappa shape index (κ1) is 22.1. The van der Waals surface area contributed by atoms with E-state index in [9.17, 15) is 9.59 Å². The summed E-state index contributed by atoms with van der Waals surface area (Å²) in [6.07, 6.45) is 1.41. The number of hydrogen-bond donors (Lipinski definition) is 2. The number of aryl methyl sites for hydroxylation is 2. The lowest BCUT2D eigenvalue weighted by molar-refractivity contribution is -0.156. The molecule has 2 N–H and O–H groups in total. The molecule has 0 saturated carbocycles. The molecule has 10 heteroatoms. The highest BCUT2D eigenvalue weighted by atomic mass is 32.1. The molecule has 3 aromatic rings. The third-order valence-corrected chi connectivity index (χ3v) is 6.00. The standard InChI is InChI=1S/C22H27N5O4S/c1-6-30-18(28)12-7-9-15-14(11-12)24-20(27(15)5)26-21-25-17-16(32-21)10-8-13(23-17)19(29)31-22(2,3)4/h7,9,11,13,23H,6,8,10H2,1-5H3,(H,24,25,26). The highest BCUT2D eigenvalue weighted by Crippen LogP contribution is 2.35. The van der Waals surface area contributed by atoms with E-state index in [0.29, 0.717) is 41.0 Å². The van der Waals surface area contributed by atoms with Gasteiger partial charge in [-0.05, 0) is 58.7 Å². The van der Waals surface area contributed by atoms with Crippen LogP contribution in [0.1, 0.15) is 49.4 Å². The molecule has 1 aliphatic rings. The summed E-state index contributed by atoms with van der Waals surface area (Å²) >= 11 is 1.53. The van der Waals surface area contributed by atoms with Crippen LogP contribution in [0.15, 0.2) is 18.2 Å². The van der Waals surface area contributed by atoms with Gasteiger partial charge >= 0.3 is 11.9 Å². The molecule has 2 aromatic heterocycles. The van der Waals surface area contributed by atoms with Gasteiger partial charge in [0.1, 0.15) is 17.5 Å². The number of carbonyl (C=O) groups excluding carboxylic acids is 2. The summed E-state index contributed by atoms with van der Waals surface area (Å²) in [5.41, 5.74) is 1.50. The molecule has 0 fully saturated rings. The highest BCUT2D eigenvalue weighted by Gasteiger charge is 2.30. The van der Waals surface area contributed by atoms with Crippen molar-refractivity contribution in [3.05, 3.63) is 28.6 Å². The third-order valence-electron chi connectivity index (χ3n) is 4.97. The number of esters is 2. The summed E-state index contributed by atoms with van der Waals surface area (Å²) in [6, 6.07) is 4.89. The van der Waals surface area contributed by atoms with Crippen LogP contribution in [0.25, 0.3) is 11.0 Å². The lowest BCUT2D eigenvalue weighted by atomic mass is 10.1. The molecule has 0 bridgehead atoms. The molecular weight excluding hydrogens is 430 g/mol. The maximum absolute atomic E-state index is 12.4. The Hall–Kier alpha value is -3.14. The summed E-state index contributed by atoms with van der Waals surface area (Å²) in [5.74, 6) is 0.671. The van der Waals surface area contributed by atoms with Crippen molar-refractivity contribution in [2.45, 2.75) is 52.2 Å². The number of imidazole rings is 1. The molecule has 1 atom stereocenters. The second-order valence-electron chi connectivity index (χ2n) is 8.60. The Morgan fingerprint density at radius 3 is 2.81 bits per heavy atom. The molecule has 1 aliphatic heterocycles. The SMILES string of the molecule is CCOC(=O)c1ccc2c(c1)nc(Nc1nc3c(s1)CCC(C(=O)OC(C)(C)C)N3)n2C. The average Bonchev–Trinajstić information content (AvgIpc) is 3.26. The van der Waals surface area contributed by atoms with Gasteiger partial charge < -0.3 is 24.7 Å². The zero-order chi connectivity index (χ0) is 23.0. The van der Waals surface area contributed by atoms with Crippen molar-refractivity contribution in [1.82, 2.24) is 14.5 Å². The van der Waals surface area contributed by atoms with Crippen LogP contribution in [0.4, 0.5) is 16.9 Å². The Kier molecular flexibility index (Phi) is 5.81. The highest BCUT2D eigenvalue weighted by molar-refractivity contribution is 7.16. The number of carbonyl (C=O) groups is 2. The van der Waals surface area contributed by atoms with Crippen molar-refractivity contribution in [2.75, 3.05) is 17.2 Å². The Labute approximate surface area is 190 Å². The average molecular weight is 458 g/mol. The fourth-order valence-electron chi connectivity index (χ4n) is 3.50. The first-order valence-electron chi connectivity index (χ1n) is 10.5. The van der Waals surface area contributed by atoms with Crippen LogP contribution in [0.2, 0.25) is 0 Å². The lowest BCUT2D eigenvalue weighted by Crippen LogP contribution is -2.38. The largest absolute Gasteiger partial charge is 0.462 e. The second kappa shape index (κ2) is 8.42. The van der Waals surface area contributed by atoms with Crippen molar-refractivity contribution in [2.24, 2.45) is 7.05 Å². The van der Waals surface area contributed by atoms with Crippen LogP contribution >= 0.6 is 11.3 Å². The molecular formula is C22H27N5O4S. The van der Waals surface area contributed by atoms with Crippen LogP contribution in [-0.4, -0.2) is 44.7 Å². The summed E-state index contributed by atoms with van der Waals surface area (Å²) in [4.78, 5) is 34.7. The molecule has 0 amide bonds. The Morgan fingerprint density at radius 2 is 2.09 bits per heavy atom. The molecule has 3 heterocycles. The summed E-state index contributed by atoms with van der Waals surface area (Å²) < 4.78 is 12.5. The number of benzene rings is 1. The number of nitrogens with zero attached hydrogens (tertiary/aromatic N) is 3. The van der Waals surface area contributed by atoms with Crippen molar-refractivity contribution in [1.29, 1.82) is 0 Å². The van der Waals surface area contributed by atoms with Crippen molar-refractivity contribution in [3.8, 4) is 0 Å². The number of ether oxygens (including phenoxy) is 2. The molecule has 4 rings (SSSR count). The van der Waals surface area contributed by atoms with E-state index in [1.807, 2.05) is 38.5 Å². The van der Waals surface area contributed by atoms with Crippen LogP contribution < -0.4 is 10.6 Å². The number of aromatic nitrogens is 3. The van der Waals surface area contributed by atoms with E-state index in [1.165, 1.54) is 11.3 Å². The Bertz CT molecular complexity index is 1180. The Balaban J connectivity index is 1.52. The van der Waals surface area contributed by atoms with Crippen molar-refractivity contribution < 1.29 is 19.1 Å². The van der Waals surface area contributed by atoms with Gasteiger partial charge in [0, 0.05) is 7.05 Å². The van der Waals surface area contributed by atoms with E-state index in [4.69, 9.17) is 9.47 Å². The van der Waals surface area contributed by atoms with Crippen LogP contribution in [-0.2, 0) is 27.7 Å². The van der Waals surface area contributed by atoms with Gasteiger partial charge in [-0.15, -0.1) is 0 Å². The van der Waals surface area contributed by atoms with E-state index >= 15 is 0 Å². The number of anilines is 3. The predicted molar refractivity (Wildman–Crippen MR) is 124 cm³/mol. The van der Waals surface area contributed by atoms with Gasteiger partial charge in [-0.3, -0.25) is 0 Å². The maximum Gasteiger partial charge on any atom is 0.338 e. The molecule has 0 saturated heterocycles. The van der Waals surface area contributed by atoms with E-state index in [-0.39, 0.29) is 11.9 Å². The second-order valence-corrected chi connectivity index (χ2v) is 9.69. The van der Waals surface area contributed by atoms with Gasteiger partial charge in [0.15, 0.2) is 5.13 Å². The predicted octanol–water partition coefficient (Wildman–Crippen LogP) is 4.02. The minimum absolute atomic E-state index is 0.265. The van der Waals surface area contributed by atoms with Gasteiger partial charge in [-0.2, -0.15) is 0 Å². The van der Waals surface area contributed by atoms with Crippen molar-refractivity contribution >= 4 is 51.2 Å². The zero-order valence-electron chi connectivity index (χ0n) is 18.8. The lowest BCUT2D eigenvalue weighted by Gasteiger charge is -2.26. The minimum atomic E-state index is -0.527. The van der Waals surface area contributed by atoms with Crippen LogP contribution in [0, 0.1) is 0 Å². The fourth-order valence-corrected chi connectivity index (χ4v) is 4.43. The third kappa shape index (κ3) is 4.55. The van der Waals surface area contributed by atoms with Crippen molar-refractivity contribution in [3.63, 3.8) is 0 Å². The number of fused-ring (bicyclic) bond motifs is 2. The molecule has 0 radical (unpaired) electrons. The summed E-state index contributed by atoms with van der Waals surface area (Å²) in [5, 5.41) is 7.14. The van der Waals surface area contributed by atoms with E-state index in [0.717, 1.165) is 16.8 Å². The number of nitrogens with one attached hydrogen (secondary N) is 2. The minimum Gasteiger partial charge on any atom is -0.462 e. The molecule has 0 spiro atoms. The van der Waals surface area contributed by atoms with Gasteiger partial charge in [0.2, 0.25) is 5.95 Å². The topological polar surface area (TPSA) is 107 Å². The zero-order valence-corrected chi connectivity index (χ0v) is 19.6. The molecule has 1 unspecified atom stereocenters. The molecule has 9 nitrogen and oxygen atoms in total. The number of hydrogen-bond acceptors (Lipinski definition) is 9. The van der Waals surface area contributed by atoms with Crippen LogP contribution in [0.3, 0.4) is 0 Å². The molecule has 1 aromatic carbocycles. The van der Waals surface area contributed by atoms with Gasteiger partial charge in [0.25, 0.3) is 0 Å². The van der Waals surface area contributed by atoms with E-state index < -0.39 is 11.6 Å². The fraction of sp³-hybridized carbons (Fsp3) is 0.455. The first-order valence-corrected chi connectivity index (χ1v) is 11.4. The number of thiazole rings is 1. The smallest absolute Gasteiger partial charge is 0.338 e. The normalized spacial score (nSPS) is 15.7. The monoisotopic (exact) mass is 457 g/mol. The molecule has 170 valence electrons. The number of rotatable bonds is 5. The Morgan fingerprint density at radius 1 is 1.31 bits per heavy atom. The van der Waals surface area contributed by atoms with Gasteiger partial charge in [-0.1, -0.05) is 11.3 Å². The maximum atomic E-state index is 12.4. The van der Waals surface area contributed by atoms with E-state index in [1.54, 1.807) is 19.1 Å². The molecule has 0 aliphatic carbocycles. The summed E-state index contributed by atoms with van der Waals surface area (Å²) in [7, 11) is 1.89. The van der Waals surface area contributed by atoms with Gasteiger partial charge in [0.05, 0.1) is 28.1 Å².